The number of sulfonamides is 1. The van der Waals surface area contributed by atoms with Gasteiger partial charge in [0.1, 0.15) is 5.75 Å². The van der Waals surface area contributed by atoms with Gasteiger partial charge < -0.3 is 19.3 Å². The van der Waals surface area contributed by atoms with E-state index in [1.54, 1.807) is 36.3 Å². The second-order valence-electron chi connectivity index (χ2n) is 9.37. The number of aryl methyl sites for hydroxylation is 1. The molecule has 4 rings (SSSR count). The molecule has 0 aliphatic carbocycles. The molecule has 1 aliphatic rings. The molecular weight excluding hydrogens is 518 g/mol. The zero-order chi connectivity index (χ0) is 27.8. The van der Waals surface area contributed by atoms with Crippen LogP contribution in [0.1, 0.15) is 12.0 Å². The minimum Gasteiger partial charge on any atom is -0.497 e. The Morgan fingerprint density at radius 3 is 2.31 bits per heavy atom. The Morgan fingerprint density at radius 1 is 0.923 bits per heavy atom. The molecule has 0 spiro atoms. The molecule has 0 bridgehead atoms. The molecule has 2 heterocycles. The van der Waals surface area contributed by atoms with Crippen LogP contribution in [0.25, 0.3) is 11.3 Å². The fourth-order valence-electron chi connectivity index (χ4n) is 4.39. The summed E-state index contributed by atoms with van der Waals surface area (Å²) in [5.41, 5.74) is 2.67. The van der Waals surface area contributed by atoms with Gasteiger partial charge in [-0.15, -0.1) is 10.2 Å². The molecule has 0 radical (unpaired) electrons. The van der Waals surface area contributed by atoms with E-state index in [1.807, 2.05) is 43.3 Å². The first-order valence-electron chi connectivity index (χ1n) is 12.9. The van der Waals surface area contributed by atoms with Crippen LogP contribution in [0.2, 0.25) is 0 Å². The molecule has 0 saturated carbocycles. The van der Waals surface area contributed by atoms with Gasteiger partial charge in [-0.05, 0) is 61.9 Å². The lowest BCUT2D eigenvalue weighted by molar-refractivity contribution is -0.131. The van der Waals surface area contributed by atoms with Crippen molar-refractivity contribution in [2.45, 2.75) is 18.2 Å². The van der Waals surface area contributed by atoms with Crippen LogP contribution in [-0.4, -0.2) is 93.8 Å². The Labute approximate surface area is 230 Å². The van der Waals surface area contributed by atoms with E-state index in [1.165, 1.54) is 11.4 Å². The monoisotopic (exact) mass is 553 g/mol. The summed E-state index contributed by atoms with van der Waals surface area (Å²) in [6.45, 7) is 4.23. The zero-order valence-corrected chi connectivity index (χ0v) is 23.4. The summed E-state index contributed by atoms with van der Waals surface area (Å²) in [6, 6.07) is 18.1. The Morgan fingerprint density at radius 2 is 1.67 bits per heavy atom. The fourth-order valence-corrected chi connectivity index (χ4v) is 5.77. The van der Waals surface area contributed by atoms with Crippen molar-refractivity contribution in [3.63, 3.8) is 0 Å². The summed E-state index contributed by atoms with van der Waals surface area (Å²) in [6.07, 6.45) is 0.733. The summed E-state index contributed by atoms with van der Waals surface area (Å²) < 4.78 is 38.1. The van der Waals surface area contributed by atoms with Crippen molar-refractivity contribution in [1.82, 2.24) is 19.4 Å². The predicted octanol–water partition coefficient (Wildman–Crippen LogP) is 2.84. The molecule has 0 unspecified atom stereocenters. The van der Waals surface area contributed by atoms with Crippen molar-refractivity contribution in [2.75, 3.05) is 65.0 Å². The number of aromatic nitrogens is 2. The standard InChI is InChI=1S/C28H35N5O5S/c1-22-5-11-25(12-6-22)39(35,36)33(19-20-37-2)21-28(34)32-16-4-15-31(17-18-32)27-14-13-26(29-30-27)23-7-9-24(38-3)10-8-23/h5-14H,4,15-21H2,1-3H3. The van der Waals surface area contributed by atoms with Gasteiger partial charge in [0.15, 0.2) is 5.82 Å². The van der Waals surface area contributed by atoms with Gasteiger partial charge in [-0.3, -0.25) is 4.79 Å². The van der Waals surface area contributed by atoms with E-state index in [9.17, 15) is 13.2 Å². The number of nitrogens with zero attached hydrogens (tertiary/aromatic N) is 5. The van der Waals surface area contributed by atoms with Gasteiger partial charge in [0.25, 0.3) is 0 Å². The van der Waals surface area contributed by atoms with E-state index in [4.69, 9.17) is 9.47 Å². The minimum absolute atomic E-state index is 0.0918. The molecule has 1 saturated heterocycles. The summed E-state index contributed by atoms with van der Waals surface area (Å²) in [7, 11) is -0.710. The molecule has 1 aliphatic heterocycles. The molecule has 0 N–H and O–H groups in total. The van der Waals surface area contributed by atoms with Gasteiger partial charge in [-0.2, -0.15) is 4.31 Å². The Hall–Kier alpha value is -3.54. The van der Waals surface area contributed by atoms with Crippen LogP contribution in [0.15, 0.2) is 65.6 Å². The van der Waals surface area contributed by atoms with Crippen LogP contribution in [0.5, 0.6) is 5.75 Å². The molecule has 10 nitrogen and oxygen atoms in total. The van der Waals surface area contributed by atoms with Crippen molar-refractivity contribution in [2.24, 2.45) is 0 Å². The second-order valence-corrected chi connectivity index (χ2v) is 11.3. The van der Waals surface area contributed by atoms with Crippen LogP contribution in [0.3, 0.4) is 0 Å². The minimum atomic E-state index is -3.85. The summed E-state index contributed by atoms with van der Waals surface area (Å²) in [5.74, 6) is 1.29. The molecule has 1 amide bonds. The zero-order valence-electron chi connectivity index (χ0n) is 22.6. The normalized spacial score (nSPS) is 14.4. The highest BCUT2D eigenvalue weighted by atomic mass is 32.2. The van der Waals surface area contributed by atoms with E-state index >= 15 is 0 Å². The van der Waals surface area contributed by atoms with Gasteiger partial charge in [0, 0.05) is 45.4 Å². The first kappa shape index (κ1) is 28.5. The number of hydrogen-bond donors (Lipinski definition) is 0. The van der Waals surface area contributed by atoms with Crippen molar-refractivity contribution >= 4 is 21.7 Å². The lowest BCUT2D eigenvalue weighted by Gasteiger charge is -2.26. The average molecular weight is 554 g/mol. The highest BCUT2D eigenvalue weighted by molar-refractivity contribution is 7.89. The molecular formula is C28H35N5O5S. The number of hydrogen-bond acceptors (Lipinski definition) is 8. The maximum absolute atomic E-state index is 13.3. The number of carbonyl (C=O) groups is 1. The van der Waals surface area contributed by atoms with E-state index < -0.39 is 10.0 Å². The third-order valence-electron chi connectivity index (χ3n) is 6.72. The third-order valence-corrected chi connectivity index (χ3v) is 8.58. The molecule has 3 aromatic rings. The fraction of sp³-hybridized carbons (Fsp3) is 0.393. The molecule has 1 fully saturated rings. The van der Waals surface area contributed by atoms with Gasteiger partial charge in [0.2, 0.25) is 15.9 Å². The summed E-state index contributed by atoms with van der Waals surface area (Å²) >= 11 is 0. The smallest absolute Gasteiger partial charge is 0.243 e. The third kappa shape index (κ3) is 7.11. The Kier molecular flexibility index (Phi) is 9.50. The topological polar surface area (TPSA) is 105 Å². The number of ether oxygens (including phenoxy) is 2. The molecule has 0 atom stereocenters. The summed E-state index contributed by atoms with van der Waals surface area (Å²) in [5, 5.41) is 8.82. The molecule has 11 heteroatoms. The lowest BCUT2D eigenvalue weighted by Crippen LogP contribution is -2.45. The highest BCUT2D eigenvalue weighted by Gasteiger charge is 2.29. The van der Waals surface area contributed by atoms with Gasteiger partial charge in [-0.25, -0.2) is 8.42 Å². The number of amides is 1. The van der Waals surface area contributed by atoms with Crippen molar-refractivity contribution < 1.29 is 22.7 Å². The van der Waals surface area contributed by atoms with Crippen LogP contribution in [0, 0.1) is 6.92 Å². The van der Waals surface area contributed by atoms with Crippen LogP contribution in [-0.2, 0) is 19.6 Å². The highest BCUT2D eigenvalue weighted by Crippen LogP contribution is 2.22. The lowest BCUT2D eigenvalue weighted by atomic mass is 10.1. The number of carbonyl (C=O) groups excluding carboxylic acids is 1. The molecule has 208 valence electrons. The average Bonchev–Trinajstić information content (AvgIpc) is 3.22. The van der Waals surface area contributed by atoms with Gasteiger partial charge in [0.05, 0.1) is 30.9 Å². The Balaban J connectivity index is 1.40. The SMILES string of the molecule is COCCN(CC(=O)N1CCCN(c2ccc(-c3ccc(OC)cc3)nn2)CC1)S(=O)(=O)c1ccc(C)cc1. The van der Waals surface area contributed by atoms with E-state index in [-0.39, 0.29) is 30.5 Å². The quantitative estimate of drug-likeness (QED) is 0.378. The second kappa shape index (κ2) is 13.0. The van der Waals surface area contributed by atoms with Crippen LogP contribution < -0.4 is 9.64 Å². The van der Waals surface area contributed by atoms with Crippen LogP contribution in [0.4, 0.5) is 5.82 Å². The summed E-state index contributed by atoms with van der Waals surface area (Å²) in [4.78, 5) is 17.3. The Bertz CT molecular complexity index is 1330. The van der Waals surface area contributed by atoms with E-state index in [0.29, 0.717) is 19.6 Å². The predicted molar refractivity (Wildman–Crippen MR) is 149 cm³/mol. The molecule has 1 aromatic heterocycles. The molecule has 2 aromatic carbocycles. The maximum atomic E-state index is 13.3. The number of anilines is 1. The largest absolute Gasteiger partial charge is 0.497 e. The van der Waals surface area contributed by atoms with Crippen molar-refractivity contribution in [3.05, 3.63) is 66.2 Å². The van der Waals surface area contributed by atoms with Gasteiger partial charge in [-0.1, -0.05) is 17.7 Å². The maximum Gasteiger partial charge on any atom is 0.243 e. The number of benzene rings is 2. The number of rotatable bonds is 10. The first-order valence-corrected chi connectivity index (χ1v) is 14.3. The van der Waals surface area contributed by atoms with E-state index in [2.05, 4.69) is 15.1 Å². The van der Waals surface area contributed by atoms with E-state index in [0.717, 1.165) is 41.4 Å². The van der Waals surface area contributed by atoms with Crippen molar-refractivity contribution in [1.29, 1.82) is 0 Å². The molecule has 39 heavy (non-hydrogen) atoms. The number of methoxy groups -OCH3 is 2. The van der Waals surface area contributed by atoms with Crippen molar-refractivity contribution in [3.8, 4) is 17.0 Å². The first-order chi connectivity index (χ1) is 18.8. The van der Waals surface area contributed by atoms with Gasteiger partial charge >= 0.3 is 0 Å². The van der Waals surface area contributed by atoms with Crippen LogP contribution >= 0.6 is 0 Å².